The minimum absolute atomic E-state index is 0.626. The molecule has 3 heterocycles. The molecule has 2 aromatic rings. The fourth-order valence-electron chi connectivity index (χ4n) is 3.52. The molecule has 3 nitrogen and oxygen atoms in total. The highest BCUT2D eigenvalue weighted by Crippen LogP contribution is 2.49. The highest BCUT2D eigenvalue weighted by molar-refractivity contribution is 7.18. The van der Waals surface area contributed by atoms with Crippen LogP contribution in [0.25, 0.3) is 10.2 Å². The predicted octanol–water partition coefficient (Wildman–Crippen LogP) is 3.63. The first-order chi connectivity index (χ1) is 9.30. The van der Waals surface area contributed by atoms with Crippen molar-refractivity contribution in [3.05, 3.63) is 17.3 Å². The number of hydrogen-bond acceptors (Lipinski definition) is 4. The van der Waals surface area contributed by atoms with Gasteiger partial charge in [-0.05, 0) is 37.2 Å². The lowest BCUT2D eigenvalue weighted by atomic mass is 9.68. The lowest BCUT2D eigenvalue weighted by Gasteiger charge is -2.38. The summed E-state index contributed by atoms with van der Waals surface area (Å²) in [4.78, 5) is 14.1. The molecule has 0 unspecified atom stereocenters. The molecule has 0 aromatic carbocycles. The second-order valence-electron chi connectivity index (χ2n) is 6.01. The second kappa shape index (κ2) is 4.17. The van der Waals surface area contributed by atoms with Gasteiger partial charge in [-0.1, -0.05) is 13.3 Å². The van der Waals surface area contributed by atoms with Gasteiger partial charge in [0.25, 0.3) is 0 Å². The molecule has 0 amide bonds. The van der Waals surface area contributed by atoms with Crippen molar-refractivity contribution >= 4 is 27.4 Å². The van der Waals surface area contributed by atoms with Crippen LogP contribution in [0.5, 0.6) is 0 Å². The summed E-state index contributed by atoms with van der Waals surface area (Å²) in [6, 6.07) is 2.29. The molecule has 2 fully saturated rings. The van der Waals surface area contributed by atoms with E-state index >= 15 is 0 Å². The second-order valence-corrected chi connectivity index (χ2v) is 7.12. The van der Waals surface area contributed by atoms with Gasteiger partial charge in [0, 0.05) is 18.0 Å². The van der Waals surface area contributed by atoms with Crippen molar-refractivity contribution in [1.29, 1.82) is 0 Å². The zero-order valence-electron chi connectivity index (χ0n) is 11.4. The number of nitrogens with zero attached hydrogens (tertiary/aromatic N) is 3. The van der Waals surface area contributed by atoms with Crippen LogP contribution in [0.2, 0.25) is 0 Å². The Morgan fingerprint density at radius 2 is 2.21 bits per heavy atom. The zero-order valence-corrected chi connectivity index (χ0v) is 12.2. The quantitative estimate of drug-likeness (QED) is 0.836. The van der Waals surface area contributed by atoms with Crippen molar-refractivity contribution in [1.82, 2.24) is 9.97 Å². The Balaban J connectivity index is 1.72. The normalized spacial score (nSPS) is 21.2. The van der Waals surface area contributed by atoms with E-state index < -0.39 is 0 Å². The molecule has 1 aliphatic heterocycles. The summed E-state index contributed by atoms with van der Waals surface area (Å²) < 4.78 is 0. The first-order valence-electron chi connectivity index (χ1n) is 7.28. The summed E-state index contributed by atoms with van der Waals surface area (Å²) >= 11 is 1.81. The third kappa shape index (κ3) is 1.76. The molecule has 1 aliphatic carbocycles. The topological polar surface area (TPSA) is 29.0 Å². The lowest BCUT2D eigenvalue weighted by molar-refractivity contribution is 0.165. The van der Waals surface area contributed by atoms with Crippen LogP contribution in [-0.4, -0.2) is 23.1 Å². The maximum atomic E-state index is 4.58. The molecule has 4 rings (SSSR count). The van der Waals surface area contributed by atoms with E-state index in [1.54, 1.807) is 6.33 Å². The minimum atomic E-state index is 0.626. The molecule has 100 valence electrons. The Bertz CT molecular complexity index is 615. The molecule has 0 atom stereocenters. The van der Waals surface area contributed by atoms with Crippen LogP contribution >= 0.6 is 11.3 Å². The third-order valence-corrected chi connectivity index (χ3v) is 6.05. The molecular weight excluding hydrogens is 254 g/mol. The average molecular weight is 273 g/mol. The number of aryl methyl sites for hydroxylation is 1. The van der Waals surface area contributed by atoms with Crippen molar-refractivity contribution in [2.45, 2.75) is 39.0 Å². The smallest absolute Gasteiger partial charge is 0.140 e. The van der Waals surface area contributed by atoms with Gasteiger partial charge in [0.05, 0.1) is 5.39 Å². The number of hydrogen-bond donors (Lipinski definition) is 0. The van der Waals surface area contributed by atoms with Crippen LogP contribution in [0.15, 0.2) is 12.4 Å². The SMILES string of the molecule is CCc1cc2c(N3CCC4(CCC4)C3)ncnc2s1. The molecule has 19 heavy (non-hydrogen) atoms. The molecule has 0 N–H and O–H groups in total. The molecule has 4 heteroatoms. The van der Waals surface area contributed by atoms with Gasteiger partial charge in [-0.25, -0.2) is 9.97 Å². The van der Waals surface area contributed by atoms with E-state index in [0.717, 1.165) is 11.3 Å². The maximum Gasteiger partial charge on any atom is 0.140 e. The van der Waals surface area contributed by atoms with E-state index in [9.17, 15) is 0 Å². The Morgan fingerprint density at radius 3 is 2.89 bits per heavy atom. The zero-order chi connectivity index (χ0) is 12.9. The van der Waals surface area contributed by atoms with Crippen LogP contribution in [0, 0.1) is 5.41 Å². The molecule has 0 radical (unpaired) electrons. The summed E-state index contributed by atoms with van der Waals surface area (Å²) in [6.45, 7) is 4.58. The largest absolute Gasteiger partial charge is 0.355 e. The number of thiophene rings is 1. The van der Waals surface area contributed by atoms with Crippen LogP contribution in [-0.2, 0) is 6.42 Å². The Labute approximate surface area is 117 Å². The van der Waals surface area contributed by atoms with Gasteiger partial charge in [0.2, 0.25) is 0 Å². The van der Waals surface area contributed by atoms with E-state index in [1.807, 2.05) is 11.3 Å². The van der Waals surface area contributed by atoms with E-state index in [1.165, 1.54) is 54.9 Å². The van der Waals surface area contributed by atoms with Crippen molar-refractivity contribution in [2.75, 3.05) is 18.0 Å². The molecule has 1 spiro atoms. The summed E-state index contributed by atoms with van der Waals surface area (Å²) in [7, 11) is 0. The molecule has 2 aliphatic rings. The molecule has 1 saturated carbocycles. The molecule has 2 aromatic heterocycles. The van der Waals surface area contributed by atoms with E-state index in [4.69, 9.17) is 0 Å². The summed E-state index contributed by atoms with van der Waals surface area (Å²) in [5.41, 5.74) is 0.626. The van der Waals surface area contributed by atoms with Gasteiger partial charge in [-0.3, -0.25) is 0 Å². The van der Waals surface area contributed by atoms with Crippen molar-refractivity contribution in [2.24, 2.45) is 5.41 Å². The van der Waals surface area contributed by atoms with E-state index in [2.05, 4.69) is 27.9 Å². The summed E-state index contributed by atoms with van der Waals surface area (Å²) in [6.07, 6.45) is 8.43. The van der Waals surface area contributed by atoms with Gasteiger partial charge in [-0.15, -0.1) is 11.3 Å². The van der Waals surface area contributed by atoms with E-state index in [-0.39, 0.29) is 0 Å². The van der Waals surface area contributed by atoms with Gasteiger partial charge in [-0.2, -0.15) is 0 Å². The Hall–Kier alpha value is -1.16. The lowest BCUT2D eigenvalue weighted by Crippen LogP contribution is -2.33. The Morgan fingerprint density at radius 1 is 1.32 bits per heavy atom. The van der Waals surface area contributed by atoms with E-state index in [0.29, 0.717) is 5.41 Å². The number of aromatic nitrogens is 2. The number of anilines is 1. The van der Waals surface area contributed by atoms with Crippen LogP contribution in [0.1, 0.15) is 37.5 Å². The van der Waals surface area contributed by atoms with Crippen molar-refractivity contribution in [3.8, 4) is 0 Å². The van der Waals surface area contributed by atoms with Gasteiger partial charge in [0.15, 0.2) is 0 Å². The fourth-order valence-corrected chi connectivity index (χ4v) is 4.45. The average Bonchev–Trinajstić information content (AvgIpc) is 3.01. The number of rotatable bonds is 2. The van der Waals surface area contributed by atoms with Gasteiger partial charge < -0.3 is 4.90 Å². The van der Waals surface area contributed by atoms with Crippen molar-refractivity contribution in [3.63, 3.8) is 0 Å². The Kier molecular flexibility index (Phi) is 2.56. The van der Waals surface area contributed by atoms with Crippen LogP contribution < -0.4 is 4.90 Å². The monoisotopic (exact) mass is 273 g/mol. The maximum absolute atomic E-state index is 4.58. The fraction of sp³-hybridized carbons (Fsp3) is 0.600. The first kappa shape index (κ1) is 11.6. The van der Waals surface area contributed by atoms with Crippen LogP contribution in [0.4, 0.5) is 5.82 Å². The summed E-state index contributed by atoms with van der Waals surface area (Å²) in [5.74, 6) is 1.17. The van der Waals surface area contributed by atoms with Crippen LogP contribution in [0.3, 0.4) is 0 Å². The molecule has 0 bridgehead atoms. The molecular formula is C15H19N3S. The first-order valence-corrected chi connectivity index (χ1v) is 8.10. The highest BCUT2D eigenvalue weighted by Gasteiger charge is 2.43. The number of fused-ring (bicyclic) bond motifs is 1. The predicted molar refractivity (Wildman–Crippen MR) is 79.9 cm³/mol. The van der Waals surface area contributed by atoms with Gasteiger partial charge in [0.1, 0.15) is 17.0 Å². The van der Waals surface area contributed by atoms with Crippen molar-refractivity contribution < 1.29 is 0 Å². The minimum Gasteiger partial charge on any atom is -0.355 e. The summed E-state index contributed by atoms with van der Waals surface area (Å²) in [5, 5.41) is 1.26. The highest BCUT2D eigenvalue weighted by atomic mass is 32.1. The molecule has 1 saturated heterocycles. The third-order valence-electron chi connectivity index (χ3n) is 4.86. The standard InChI is InChI=1S/C15H19N3S/c1-2-11-8-12-13(16-10-17-14(12)19-11)18-7-6-15(9-18)4-3-5-15/h8,10H,2-7,9H2,1H3. The van der Waals surface area contributed by atoms with Gasteiger partial charge >= 0.3 is 0 Å².